The minimum absolute atomic E-state index is 0.0189. The maximum absolute atomic E-state index is 12.2. The van der Waals surface area contributed by atoms with Crippen LogP contribution in [0.3, 0.4) is 0 Å². The van der Waals surface area contributed by atoms with Gasteiger partial charge in [0, 0.05) is 12.3 Å². The fourth-order valence-corrected chi connectivity index (χ4v) is 2.48. The van der Waals surface area contributed by atoms with Crippen LogP contribution in [0.25, 0.3) is 0 Å². The molecule has 21 heavy (non-hydrogen) atoms. The van der Waals surface area contributed by atoms with Crippen LogP contribution in [0.4, 0.5) is 0 Å². The van der Waals surface area contributed by atoms with E-state index in [4.69, 9.17) is 11.5 Å². The average Bonchev–Trinajstić information content (AvgIpc) is 2.48. The summed E-state index contributed by atoms with van der Waals surface area (Å²) in [6.45, 7) is 9.96. The fraction of sp³-hybridized carbons (Fsp3) is 0.882. The molecule has 0 aromatic heterocycles. The Morgan fingerprint density at radius 1 is 1.00 bits per heavy atom. The molecule has 0 aliphatic heterocycles. The fourth-order valence-electron chi connectivity index (χ4n) is 2.48. The van der Waals surface area contributed by atoms with E-state index < -0.39 is 0 Å². The highest BCUT2D eigenvalue weighted by Crippen LogP contribution is 2.20. The summed E-state index contributed by atoms with van der Waals surface area (Å²) in [5.41, 5.74) is 11.9. The molecule has 0 aromatic carbocycles. The molecule has 4 nitrogen and oxygen atoms in total. The first-order chi connectivity index (χ1) is 9.74. The third-order valence-electron chi connectivity index (χ3n) is 4.58. The molecule has 0 amide bonds. The molecule has 0 aromatic rings. The first kappa shape index (κ1) is 20.3. The summed E-state index contributed by atoms with van der Waals surface area (Å²) in [6, 6.07) is -0.720. The van der Waals surface area contributed by atoms with Gasteiger partial charge in [-0.3, -0.25) is 9.59 Å². The minimum Gasteiger partial charge on any atom is -0.322 e. The summed E-state index contributed by atoms with van der Waals surface area (Å²) in [6.07, 6.45) is 3.84. The Morgan fingerprint density at radius 3 is 2.05 bits per heavy atom. The van der Waals surface area contributed by atoms with E-state index in [9.17, 15) is 9.59 Å². The SMILES string of the molecule is CCC(=O)[C@H](N)CC(C)CCC(C)C(=O)[C@H](N)C(C)CC. The second-order valence-electron chi connectivity index (χ2n) is 6.56. The summed E-state index contributed by atoms with van der Waals surface area (Å²) in [7, 11) is 0. The minimum atomic E-state index is -0.363. The van der Waals surface area contributed by atoms with Crippen molar-refractivity contribution in [1.29, 1.82) is 0 Å². The number of hydrogen-bond donors (Lipinski definition) is 2. The molecule has 0 bridgehead atoms. The van der Waals surface area contributed by atoms with Gasteiger partial charge in [0.2, 0.25) is 0 Å². The van der Waals surface area contributed by atoms with Crippen molar-refractivity contribution in [3.63, 3.8) is 0 Å². The molecular weight excluding hydrogens is 264 g/mol. The second-order valence-corrected chi connectivity index (χ2v) is 6.56. The molecule has 0 rings (SSSR count). The van der Waals surface area contributed by atoms with Crippen LogP contribution in [0.1, 0.15) is 66.7 Å². The summed E-state index contributed by atoms with van der Waals surface area (Å²) in [5.74, 6) is 0.836. The molecule has 0 saturated heterocycles. The standard InChI is InChI=1S/C17H34N2O2/c1-6-12(4)16(19)17(21)13(5)9-8-11(3)10-14(18)15(20)7-2/h11-14,16H,6-10,18-19H2,1-5H3/t11?,12?,13?,14-,16-/m1/s1. The van der Waals surface area contributed by atoms with Crippen molar-refractivity contribution >= 4 is 11.6 Å². The van der Waals surface area contributed by atoms with Crippen LogP contribution in [-0.2, 0) is 9.59 Å². The van der Waals surface area contributed by atoms with Crippen molar-refractivity contribution in [3.05, 3.63) is 0 Å². The Balaban J connectivity index is 4.20. The third kappa shape index (κ3) is 7.18. The van der Waals surface area contributed by atoms with E-state index in [2.05, 4.69) is 13.8 Å². The zero-order valence-electron chi connectivity index (χ0n) is 14.4. The van der Waals surface area contributed by atoms with Crippen LogP contribution < -0.4 is 11.5 Å². The Hall–Kier alpha value is -0.740. The van der Waals surface area contributed by atoms with Crippen molar-refractivity contribution in [2.24, 2.45) is 29.2 Å². The zero-order chi connectivity index (χ0) is 16.6. The first-order valence-corrected chi connectivity index (χ1v) is 8.32. The highest BCUT2D eigenvalue weighted by atomic mass is 16.1. The van der Waals surface area contributed by atoms with E-state index in [1.165, 1.54) is 0 Å². The predicted molar refractivity (Wildman–Crippen MR) is 87.9 cm³/mol. The summed E-state index contributed by atoms with van der Waals surface area (Å²) in [5, 5.41) is 0. The molecule has 0 saturated carbocycles. The number of carbonyl (C=O) groups excluding carboxylic acids is 2. The monoisotopic (exact) mass is 298 g/mol. The largest absolute Gasteiger partial charge is 0.322 e. The van der Waals surface area contributed by atoms with Crippen molar-refractivity contribution in [3.8, 4) is 0 Å². The van der Waals surface area contributed by atoms with Crippen molar-refractivity contribution in [2.75, 3.05) is 0 Å². The molecular formula is C17H34N2O2. The molecule has 0 spiro atoms. The lowest BCUT2D eigenvalue weighted by molar-refractivity contribution is -0.125. The van der Waals surface area contributed by atoms with Crippen LogP contribution in [0.2, 0.25) is 0 Å². The third-order valence-corrected chi connectivity index (χ3v) is 4.58. The van der Waals surface area contributed by atoms with Gasteiger partial charge in [-0.2, -0.15) is 0 Å². The molecule has 0 heterocycles. The van der Waals surface area contributed by atoms with E-state index in [0.29, 0.717) is 18.8 Å². The highest BCUT2D eigenvalue weighted by Gasteiger charge is 2.25. The molecule has 124 valence electrons. The van der Waals surface area contributed by atoms with Crippen molar-refractivity contribution in [2.45, 2.75) is 78.8 Å². The van der Waals surface area contributed by atoms with Gasteiger partial charge in [-0.1, -0.05) is 41.0 Å². The predicted octanol–water partition coefficient (Wildman–Crippen LogP) is 2.68. The zero-order valence-corrected chi connectivity index (χ0v) is 14.4. The van der Waals surface area contributed by atoms with Gasteiger partial charge in [-0.15, -0.1) is 0 Å². The molecule has 4 heteroatoms. The van der Waals surface area contributed by atoms with Crippen LogP contribution in [0.5, 0.6) is 0 Å². The van der Waals surface area contributed by atoms with Gasteiger partial charge >= 0.3 is 0 Å². The average molecular weight is 298 g/mol. The van der Waals surface area contributed by atoms with Gasteiger partial charge in [-0.05, 0) is 31.1 Å². The lowest BCUT2D eigenvalue weighted by atomic mass is 9.85. The van der Waals surface area contributed by atoms with Gasteiger partial charge in [-0.25, -0.2) is 0 Å². The molecule has 3 unspecified atom stereocenters. The molecule has 5 atom stereocenters. The van der Waals surface area contributed by atoms with E-state index >= 15 is 0 Å². The van der Waals surface area contributed by atoms with Crippen LogP contribution in [-0.4, -0.2) is 23.7 Å². The van der Waals surface area contributed by atoms with Crippen molar-refractivity contribution < 1.29 is 9.59 Å². The maximum atomic E-state index is 12.2. The van der Waals surface area contributed by atoms with Crippen LogP contribution in [0, 0.1) is 17.8 Å². The van der Waals surface area contributed by atoms with E-state index in [1.54, 1.807) is 0 Å². The highest BCUT2D eigenvalue weighted by molar-refractivity contribution is 5.86. The normalized spacial score (nSPS) is 18.6. The maximum Gasteiger partial charge on any atom is 0.152 e. The van der Waals surface area contributed by atoms with Gasteiger partial charge in [0.15, 0.2) is 5.78 Å². The quantitative estimate of drug-likeness (QED) is 0.614. The van der Waals surface area contributed by atoms with Gasteiger partial charge < -0.3 is 11.5 Å². The summed E-state index contributed by atoms with van der Waals surface area (Å²) < 4.78 is 0. The Labute approximate surface area is 130 Å². The number of rotatable bonds is 11. The van der Waals surface area contributed by atoms with Gasteiger partial charge in [0.25, 0.3) is 0 Å². The summed E-state index contributed by atoms with van der Waals surface area (Å²) >= 11 is 0. The molecule has 4 N–H and O–H groups in total. The Bertz CT molecular complexity index is 331. The number of carbonyl (C=O) groups is 2. The second kappa shape index (κ2) is 10.1. The van der Waals surface area contributed by atoms with E-state index in [0.717, 1.165) is 19.3 Å². The van der Waals surface area contributed by atoms with Gasteiger partial charge in [0.1, 0.15) is 5.78 Å². The molecule has 0 aliphatic rings. The topological polar surface area (TPSA) is 86.2 Å². The lowest BCUT2D eigenvalue weighted by Gasteiger charge is -2.22. The Kier molecular flexibility index (Phi) is 9.71. The number of ketones is 2. The number of Topliss-reactive ketones (excluding diaryl/α,β-unsaturated/α-hetero) is 2. The molecule has 0 radical (unpaired) electrons. The number of nitrogens with two attached hydrogens (primary N) is 2. The van der Waals surface area contributed by atoms with Crippen LogP contribution >= 0.6 is 0 Å². The van der Waals surface area contributed by atoms with Crippen LogP contribution in [0.15, 0.2) is 0 Å². The van der Waals surface area contributed by atoms with Crippen molar-refractivity contribution in [1.82, 2.24) is 0 Å². The molecule has 0 fully saturated rings. The van der Waals surface area contributed by atoms with E-state index in [1.807, 2.05) is 20.8 Å². The Morgan fingerprint density at radius 2 is 1.57 bits per heavy atom. The number of hydrogen-bond acceptors (Lipinski definition) is 4. The van der Waals surface area contributed by atoms with E-state index in [-0.39, 0.29) is 35.5 Å². The smallest absolute Gasteiger partial charge is 0.152 e. The molecule has 0 aliphatic carbocycles. The van der Waals surface area contributed by atoms with Gasteiger partial charge in [0.05, 0.1) is 12.1 Å². The lowest BCUT2D eigenvalue weighted by Crippen LogP contribution is -2.40. The summed E-state index contributed by atoms with van der Waals surface area (Å²) in [4.78, 5) is 23.7. The first-order valence-electron chi connectivity index (χ1n) is 8.32.